The van der Waals surface area contributed by atoms with Gasteiger partial charge in [0.1, 0.15) is 22.5 Å². The Labute approximate surface area is 196 Å². The van der Waals surface area contributed by atoms with Gasteiger partial charge in [0.2, 0.25) is 0 Å². The van der Waals surface area contributed by atoms with Crippen molar-refractivity contribution < 1.29 is 4.42 Å². The molecule has 0 atom stereocenters. The molecule has 7 rings (SSSR count). The number of rotatable bonds is 2. The highest BCUT2D eigenvalue weighted by molar-refractivity contribution is 6.12. The fraction of sp³-hybridized carbons (Fsp3) is 0.0667. The molecule has 162 valence electrons. The van der Waals surface area contributed by atoms with E-state index < -0.39 is 0 Å². The fourth-order valence-corrected chi connectivity index (χ4v) is 5.13. The standard InChI is InChI=1S/C30H21N3O/c1-18-16-17-23(29-26(18)22-13-7-9-15-25(22)34-29)30-32-27-21-12-6-8-14-24(21)31-19(2)28(27)33(30)20-10-4-3-5-11-20/h3-17H,1-2H3. The zero-order chi connectivity index (χ0) is 22.8. The lowest BCUT2D eigenvalue weighted by molar-refractivity contribution is 0.669. The molecule has 0 bridgehead atoms. The molecular formula is C30H21N3O. The number of pyridine rings is 1. The Hall–Kier alpha value is -4.44. The first-order valence-electron chi connectivity index (χ1n) is 11.4. The van der Waals surface area contributed by atoms with Crippen LogP contribution >= 0.6 is 0 Å². The van der Waals surface area contributed by atoms with Gasteiger partial charge in [-0.3, -0.25) is 9.55 Å². The van der Waals surface area contributed by atoms with Gasteiger partial charge < -0.3 is 4.42 Å². The van der Waals surface area contributed by atoms with Gasteiger partial charge in [-0.05, 0) is 49.7 Å². The average Bonchev–Trinajstić information content (AvgIpc) is 3.46. The van der Waals surface area contributed by atoms with E-state index in [2.05, 4.69) is 73.0 Å². The summed E-state index contributed by atoms with van der Waals surface area (Å²) in [6, 6.07) is 31.1. The van der Waals surface area contributed by atoms with Crippen LogP contribution in [0.4, 0.5) is 0 Å². The molecule has 0 unspecified atom stereocenters. The molecule has 3 aromatic heterocycles. The van der Waals surface area contributed by atoms with Gasteiger partial charge in [-0.25, -0.2) is 4.98 Å². The lowest BCUT2D eigenvalue weighted by atomic mass is 10.0. The number of aryl methyl sites for hydroxylation is 2. The molecule has 0 radical (unpaired) electrons. The second-order valence-electron chi connectivity index (χ2n) is 8.75. The Balaban J connectivity index is 1.68. The summed E-state index contributed by atoms with van der Waals surface area (Å²) in [7, 11) is 0. The van der Waals surface area contributed by atoms with E-state index in [4.69, 9.17) is 14.4 Å². The van der Waals surface area contributed by atoms with Gasteiger partial charge in [-0.2, -0.15) is 0 Å². The van der Waals surface area contributed by atoms with Crippen LogP contribution in [0.25, 0.3) is 61.0 Å². The smallest absolute Gasteiger partial charge is 0.149 e. The van der Waals surface area contributed by atoms with E-state index in [1.165, 1.54) is 5.56 Å². The van der Waals surface area contributed by atoms with Crippen LogP contribution in [0.1, 0.15) is 11.3 Å². The van der Waals surface area contributed by atoms with Gasteiger partial charge in [-0.15, -0.1) is 0 Å². The molecule has 0 aliphatic rings. The first-order chi connectivity index (χ1) is 16.7. The molecule has 0 N–H and O–H groups in total. The Bertz CT molecular complexity index is 1880. The zero-order valence-corrected chi connectivity index (χ0v) is 18.9. The minimum Gasteiger partial charge on any atom is -0.455 e. The Kier molecular flexibility index (Phi) is 3.94. The van der Waals surface area contributed by atoms with Crippen molar-refractivity contribution in [1.82, 2.24) is 14.5 Å². The quantitative estimate of drug-likeness (QED) is 0.276. The van der Waals surface area contributed by atoms with Crippen molar-refractivity contribution in [2.45, 2.75) is 13.8 Å². The summed E-state index contributed by atoms with van der Waals surface area (Å²) >= 11 is 0. The van der Waals surface area contributed by atoms with E-state index in [9.17, 15) is 0 Å². The molecule has 0 saturated carbocycles. The first-order valence-corrected chi connectivity index (χ1v) is 11.4. The Morgan fingerprint density at radius 2 is 1.44 bits per heavy atom. The molecule has 0 aliphatic heterocycles. The van der Waals surface area contributed by atoms with Gasteiger partial charge >= 0.3 is 0 Å². The fourth-order valence-electron chi connectivity index (χ4n) is 5.13. The molecule has 34 heavy (non-hydrogen) atoms. The molecule has 0 spiro atoms. The van der Waals surface area contributed by atoms with Crippen molar-refractivity contribution in [1.29, 1.82) is 0 Å². The highest BCUT2D eigenvalue weighted by Gasteiger charge is 2.23. The number of nitrogens with zero attached hydrogens (tertiary/aromatic N) is 3. The third kappa shape index (κ3) is 2.59. The number of fused-ring (bicyclic) bond motifs is 6. The molecule has 0 fully saturated rings. The van der Waals surface area contributed by atoms with Crippen LogP contribution in [0.2, 0.25) is 0 Å². The normalized spacial score (nSPS) is 11.8. The lowest BCUT2D eigenvalue weighted by Crippen LogP contribution is -2.00. The van der Waals surface area contributed by atoms with Crippen molar-refractivity contribution >= 4 is 43.9 Å². The zero-order valence-electron chi connectivity index (χ0n) is 18.9. The second kappa shape index (κ2) is 7.03. The SMILES string of the molecule is Cc1ccc(-c2nc3c4ccccc4nc(C)c3n2-c2ccccc2)c2oc3ccccc3c12. The minimum absolute atomic E-state index is 0.853. The van der Waals surface area contributed by atoms with E-state index >= 15 is 0 Å². The first kappa shape index (κ1) is 19.1. The Morgan fingerprint density at radius 3 is 2.29 bits per heavy atom. The topological polar surface area (TPSA) is 43.9 Å². The highest BCUT2D eigenvalue weighted by Crippen LogP contribution is 2.40. The van der Waals surface area contributed by atoms with Crippen LogP contribution in [-0.2, 0) is 0 Å². The van der Waals surface area contributed by atoms with Crippen molar-refractivity contribution in [3.63, 3.8) is 0 Å². The van der Waals surface area contributed by atoms with E-state index in [0.29, 0.717) is 0 Å². The number of benzene rings is 4. The molecule has 0 aliphatic carbocycles. The molecule has 4 nitrogen and oxygen atoms in total. The van der Waals surface area contributed by atoms with Gasteiger partial charge in [-0.1, -0.05) is 60.7 Å². The number of hydrogen-bond acceptors (Lipinski definition) is 3. The average molecular weight is 440 g/mol. The largest absolute Gasteiger partial charge is 0.455 e. The lowest BCUT2D eigenvalue weighted by Gasteiger charge is -2.11. The summed E-state index contributed by atoms with van der Waals surface area (Å²) in [5.74, 6) is 0.853. The summed E-state index contributed by atoms with van der Waals surface area (Å²) in [5, 5.41) is 3.31. The summed E-state index contributed by atoms with van der Waals surface area (Å²) in [6.07, 6.45) is 0. The molecule has 0 saturated heterocycles. The highest BCUT2D eigenvalue weighted by atomic mass is 16.3. The minimum atomic E-state index is 0.853. The third-order valence-corrected chi connectivity index (χ3v) is 6.66. The van der Waals surface area contributed by atoms with Crippen LogP contribution in [0.5, 0.6) is 0 Å². The predicted octanol–water partition coefficient (Wildman–Crippen LogP) is 7.76. The van der Waals surface area contributed by atoms with Crippen LogP contribution in [0, 0.1) is 13.8 Å². The molecule has 3 heterocycles. The summed E-state index contributed by atoms with van der Waals surface area (Å²) in [4.78, 5) is 10.2. The van der Waals surface area contributed by atoms with E-state index in [1.807, 2.05) is 36.4 Å². The van der Waals surface area contributed by atoms with Crippen LogP contribution in [0.3, 0.4) is 0 Å². The maximum atomic E-state index is 6.45. The number of imidazole rings is 1. The molecule has 4 aromatic carbocycles. The number of furan rings is 1. The number of aromatic nitrogens is 3. The van der Waals surface area contributed by atoms with Gasteiger partial charge in [0.05, 0.1) is 22.3 Å². The predicted molar refractivity (Wildman–Crippen MR) is 139 cm³/mol. The number of hydrogen-bond donors (Lipinski definition) is 0. The Morgan fingerprint density at radius 1 is 0.706 bits per heavy atom. The van der Waals surface area contributed by atoms with Crippen LogP contribution in [0.15, 0.2) is 95.4 Å². The van der Waals surface area contributed by atoms with Crippen molar-refractivity contribution in [3.8, 4) is 17.1 Å². The summed E-state index contributed by atoms with van der Waals surface area (Å²) in [5.41, 5.74) is 8.83. The van der Waals surface area contributed by atoms with E-state index in [0.717, 1.165) is 66.6 Å². The number of para-hydroxylation sites is 3. The van der Waals surface area contributed by atoms with E-state index in [-0.39, 0.29) is 0 Å². The van der Waals surface area contributed by atoms with Crippen molar-refractivity contribution in [3.05, 3.63) is 102 Å². The van der Waals surface area contributed by atoms with Gasteiger partial charge in [0.25, 0.3) is 0 Å². The molecule has 4 heteroatoms. The van der Waals surface area contributed by atoms with Crippen molar-refractivity contribution in [2.24, 2.45) is 0 Å². The second-order valence-corrected chi connectivity index (χ2v) is 8.75. The van der Waals surface area contributed by atoms with Crippen LogP contribution < -0.4 is 0 Å². The monoisotopic (exact) mass is 439 g/mol. The third-order valence-electron chi connectivity index (χ3n) is 6.66. The van der Waals surface area contributed by atoms with Crippen molar-refractivity contribution in [2.75, 3.05) is 0 Å². The summed E-state index contributed by atoms with van der Waals surface area (Å²) < 4.78 is 8.68. The van der Waals surface area contributed by atoms with Crippen LogP contribution in [-0.4, -0.2) is 14.5 Å². The van der Waals surface area contributed by atoms with Gasteiger partial charge in [0, 0.05) is 21.8 Å². The van der Waals surface area contributed by atoms with E-state index in [1.54, 1.807) is 0 Å². The molecule has 7 aromatic rings. The van der Waals surface area contributed by atoms with Gasteiger partial charge in [0.15, 0.2) is 0 Å². The maximum Gasteiger partial charge on any atom is 0.149 e. The molecular weight excluding hydrogens is 418 g/mol. The maximum absolute atomic E-state index is 6.45. The molecule has 0 amide bonds. The summed E-state index contributed by atoms with van der Waals surface area (Å²) in [6.45, 7) is 4.20.